The van der Waals surface area contributed by atoms with Gasteiger partial charge < -0.3 is 25.2 Å². The Bertz CT molecular complexity index is 618. The van der Waals surface area contributed by atoms with Gasteiger partial charge in [0.05, 0.1) is 6.54 Å². The van der Waals surface area contributed by atoms with Gasteiger partial charge in [-0.15, -0.1) is 0 Å². The number of likely N-dealkylation sites (N-methyl/N-ethyl adjacent to an activating group) is 1. The first-order valence-electron chi connectivity index (χ1n) is 11.1. The Labute approximate surface area is 177 Å². The number of unbranched alkanes of at least 4 members (excludes halogenated alkanes) is 1. The summed E-state index contributed by atoms with van der Waals surface area (Å²) in [7, 11) is 2.20. The van der Waals surface area contributed by atoms with Crippen molar-refractivity contribution in [3.05, 3.63) is 29.8 Å². The van der Waals surface area contributed by atoms with E-state index in [1.165, 1.54) is 39.1 Å². The lowest BCUT2D eigenvalue weighted by molar-refractivity contribution is 0.129. The van der Waals surface area contributed by atoms with Crippen molar-refractivity contribution in [2.75, 3.05) is 52.9 Å². The van der Waals surface area contributed by atoms with Crippen LogP contribution >= 0.6 is 0 Å². The number of nitrogens with one attached hydrogen (secondary N) is 2. The zero-order chi connectivity index (χ0) is 21.1. The van der Waals surface area contributed by atoms with Gasteiger partial charge in [-0.05, 0) is 60.2 Å². The first-order valence-corrected chi connectivity index (χ1v) is 11.1. The quantitative estimate of drug-likeness (QED) is 0.377. The molecule has 0 unspecified atom stereocenters. The average molecular weight is 404 g/mol. The van der Waals surface area contributed by atoms with Crippen molar-refractivity contribution in [3.8, 4) is 5.75 Å². The zero-order valence-corrected chi connectivity index (χ0v) is 19.1. The van der Waals surface area contributed by atoms with E-state index in [1.54, 1.807) is 0 Å². The molecule has 29 heavy (non-hydrogen) atoms. The number of ether oxygens (including phenoxy) is 1. The Morgan fingerprint density at radius 1 is 1.07 bits per heavy atom. The van der Waals surface area contributed by atoms with Crippen molar-refractivity contribution in [3.63, 3.8) is 0 Å². The number of hydrogen-bond acceptors (Lipinski definition) is 4. The maximum Gasteiger partial charge on any atom is 0.191 e. The number of piperazine rings is 1. The van der Waals surface area contributed by atoms with Gasteiger partial charge in [0.1, 0.15) is 11.4 Å². The summed E-state index contributed by atoms with van der Waals surface area (Å²) in [5, 5.41) is 6.82. The Balaban J connectivity index is 1.78. The minimum Gasteiger partial charge on any atom is -0.488 e. The van der Waals surface area contributed by atoms with E-state index in [1.807, 2.05) is 18.2 Å². The van der Waals surface area contributed by atoms with E-state index < -0.39 is 0 Å². The molecule has 0 aliphatic carbocycles. The lowest BCUT2D eigenvalue weighted by Gasteiger charge is -2.32. The highest BCUT2D eigenvalue weighted by molar-refractivity contribution is 5.79. The molecule has 0 aromatic heterocycles. The SMILES string of the molecule is CCNC(=NCc1ccccc1OC(C)(C)C)NCCCCN1CCN(C)CC1. The molecule has 0 bridgehead atoms. The highest BCUT2D eigenvalue weighted by Crippen LogP contribution is 2.23. The van der Waals surface area contributed by atoms with Crippen molar-refractivity contribution < 1.29 is 4.74 Å². The van der Waals surface area contributed by atoms with Crippen LogP contribution in [0.1, 0.15) is 46.1 Å². The van der Waals surface area contributed by atoms with Gasteiger partial charge in [-0.25, -0.2) is 4.99 Å². The molecule has 0 atom stereocenters. The van der Waals surface area contributed by atoms with Crippen molar-refractivity contribution in [1.82, 2.24) is 20.4 Å². The van der Waals surface area contributed by atoms with Gasteiger partial charge in [-0.2, -0.15) is 0 Å². The van der Waals surface area contributed by atoms with E-state index in [0.717, 1.165) is 36.8 Å². The fraction of sp³-hybridized carbons (Fsp3) is 0.696. The maximum atomic E-state index is 6.08. The van der Waals surface area contributed by atoms with Crippen molar-refractivity contribution in [2.24, 2.45) is 4.99 Å². The second-order valence-corrected chi connectivity index (χ2v) is 8.80. The van der Waals surface area contributed by atoms with Gasteiger partial charge >= 0.3 is 0 Å². The van der Waals surface area contributed by atoms with E-state index in [0.29, 0.717) is 6.54 Å². The molecule has 2 rings (SSSR count). The Kier molecular flexibility index (Phi) is 9.74. The van der Waals surface area contributed by atoms with Crippen molar-refractivity contribution in [2.45, 2.75) is 52.7 Å². The van der Waals surface area contributed by atoms with Gasteiger partial charge in [0, 0.05) is 44.8 Å². The smallest absolute Gasteiger partial charge is 0.191 e. The lowest BCUT2D eigenvalue weighted by atomic mass is 10.1. The largest absolute Gasteiger partial charge is 0.488 e. The Morgan fingerprint density at radius 3 is 2.48 bits per heavy atom. The van der Waals surface area contributed by atoms with Crippen LogP contribution in [-0.4, -0.2) is 74.2 Å². The van der Waals surface area contributed by atoms with Crippen LogP contribution in [-0.2, 0) is 6.54 Å². The first-order chi connectivity index (χ1) is 13.9. The van der Waals surface area contributed by atoms with Crippen LogP contribution < -0.4 is 15.4 Å². The van der Waals surface area contributed by atoms with Crippen molar-refractivity contribution in [1.29, 1.82) is 0 Å². The second-order valence-electron chi connectivity index (χ2n) is 8.80. The van der Waals surface area contributed by atoms with Crippen LogP contribution in [0.25, 0.3) is 0 Å². The van der Waals surface area contributed by atoms with Crippen LogP contribution in [0, 0.1) is 0 Å². The average Bonchev–Trinajstić information content (AvgIpc) is 2.67. The number of benzene rings is 1. The molecule has 164 valence electrons. The van der Waals surface area contributed by atoms with E-state index in [2.05, 4.69) is 61.2 Å². The molecule has 1 aliphatic heterocycles. The summed E-state index contributed by atoms with van der Waals surface area (Å²) < 4.78 is 6.08. The summed E-state index contributed by atoms with van der Waals surface area (Å²) in [5.41, 5.74) is 0.890. The summed E-state index contributed by atoms with van der Waals surface area (Å²) in [4.78, 5) is 9.75. The zero-order valence-electron chi connectivity index (χ0n) is 19.1. The second kappa shape index (κ2) is 12.0. The van der Waals surface area contributed by atoms with Gasteiger partial charge in [0.2, 0.25) is 0 Å². The number of aliphatic imine (C=N–C) groups is 1. The molecule has 0 spiro atoms. The topological polar surface area (TPSA) is 52.1 Å². The van der Waals surface area contributed by atoms with Crippen LogP contribution in [0.5, 0.6) is 5.75 Å². The minimum absolute atomic E-state index is 0.216. The predicted molar refractivity (Wildman–Crippen MR) is 123 cm³/mol. The molecule has 2 N–H and O–H groups in total. The van der Waals surface area contributed by atoms with E-state index in [-0.39, 0.29) is 5.60 Å². The summed E-state index contributed by atoms with van der Waals surface area (Å²) in [6.07, 6.45) is 2.37. The number of nitrogens with zero attached hydrogens (tertiary/aromatic N) is 3. The van der Waals surface area contributed by atoms with Gasteiger partial charge in [0.15, 0.2) is 5.96 Å². The fourth-order valence-corrected chi connectivity index (χ4v) is 3.31. The monoisotopic (exact) mass is 403 g/mol. The summed E-state index contributed by atoms with van der Waals surface area (Å²) in [6, 6.07) is 8.16. The third-order valence-corrected chi connectivity index (χ3v) is 4.93. The predicted octanol–water partition coefficient (Wildman–Crippen LogP) is 2.95. The molecule has 6 heteroatoms. The minimum atomic E-state index is -0.216. The lowest BCUT2D eigenvalue weighted by Crippen LogP contribution is -2.44. The molecular weight excluding hydrogens is 362 g/mol. The molecule has 0 amide bonds. The van der Waals surface area contributed by atoms with Crippen LogP contribution in [0.3, 0.4) is 0 Å². The number of rotatable bonds is 9. The van der Waals surface area contributed by atoms with Gasteiger partial charge in [-0.1, -0.05) is 18.2 Å². The molecule has 6 nitrogen and oxygen atoms in total. The molecule has 1 aromatic rings. The van der Waals surface area contributed by atoms with Gasteiger partial charge in [0.25, 0.3) is 0 Å². The molecule has 0 radical (unpaired) electrons. The molecule has 0 saturated carbocycles. The molecule has 1 aliphatic rings. The fourth-order valence-electron chi connectivity index (χ4n) is 3.31. The van der Waals surface area contributed by atoms with E-state index in [9.17, 15) is 0 Å². The Hall–Kier alpha value is -1.79. The highest BCUT2D eigenvalue weighted by Gasteiger charge is 2.14. The third kappa shape index (κ3) is 9.50. The molecule has 1 heterocycles. The summed E-state index contributed by atoms with van der Waals surface area (Å²) >= 11 is 0. The standard InChI is InChI=1S/C23H41N5O/c1-6-24-22(25-13-9-10-14-28-17-15-27(5)16-18-28)26-19-20-11-7-8-12-21(20)29-23(2,3)4/h7-8,11-12H,6,9-10,13-19H2,1-5H3,(H2,24,25,26). The van der Waals surface area contributed by atoms with E-state index >= 15 is 0 Å². The molecular formula is C23H41N5O. The van der Waals surface area contributed by atoms with Crippen LogP contribution in [0.4, 0.5) is 0 Å². The summed E-state index contributed by atoms with van der Waals surface area (Å²) in [6.45, 7) is 16.7. The highest BCUT2D eigenvalue weighted by atomic mass is 16.5. The number of para-hydroxylation sites is 1. The number of guanidine groups is 1. The van der Waals surface area contributed by atoms with Crippen molar-refractivity contribution >= 4 is 5.96 Å². The maximum absolute atomic E-state index is 6.08. The molecule has 1 saturated heterocycles. The Morgan fingerprint density at radius 2 is 1.79 bits per heavy atom. The van der Waals surface area contributed by atoms with Crippen LogP contribution in [0.2, 0.25) is 0 Å². The van der Waals surface area contributed by atoms with E-state index in [4.69, 9.17) is 9.73 Å². The van der Waals surface area contributed by atoms with Crippen LogP contribution in [0.15, 0.2) is 29.3 Å². The van der Waals surface area contributed by atoms with Gasteiger partial charge in [-0.3, -0.25) is 0 Å². The number of hydrogen-bond donors (Lipinski definition) is 2. The third-order valence-electron chi connectivity index (χ3n) is 4.93. The normalized spacial score (nSPS) is 16.7. The molecule has 1 aromatic carbocycles. The summed E-state index contributed by atoms with van der Waals surface area (Å²) in [5.74, 6) is 1.78. The first kappa shape index (κ1) is 23.5. The molecule has 1 fully saturated rings.